The molecule has 4 rings (SSSR count). The van der Waals surface area contributed by atoms with Crippen LogP contribution < -0.4 is 10.6 Å². The standard InChI is InChI=1S/C20H23F2N5O2/c1-12-3-2-7-20(21,22)17-10-14(6-8-23-17)25-18-11-16(26-27-18)13-4-5-15(9-13)29-19(28)24-12/h2,6-8,10-13,15H,3-5,9H2,1H3,(H,24,28)(H2,25,26,27)/b7-2-/t12-,13+,15-/m1/s1. The van der Waals surface area contributed by atoms with E-state index in [2.05, 4.69) is 25.8 Å². The molecular weight excluding hydrogens is 380 g/mol. The summed E-state index contributed by atoms with van der Waals surface area (Å²) in [7, 11) is 0. The van der Waals surface area contributed by atoms with Crippen molar-refractivity contribution in [2.24, 2.45) is 0 Å². The Balaban J connectivity index is 1.62. The van der Waals surface area contributed by atoms with Crippen molar-refractivity contribution in [1.29, 1.82) is 0 Å². The highest BCUT2D eigenvalue weighted by atomic mass is 19.3. The Bertz CT molecular complexity index is 914. The van der Waals surface area contributed by atoms with Crippen LogP contribution in [-0.2, 0) is 10.7 Å². The summed E-state index contributed by atoms with van der Waals surface area (Å²) in [6, 6.07) is 4.46. The largest absolute Gasteiger partial charge is 0.446 e. The number of aromatic nitrogens is 3. The van der Waals surface area contributed by atoms with E-state index in [0.29, 0.717) is 11.5 Å². The molecule has 1 aliphatic heterocycles. The number of carbonyl (C=O) groups is 1. The minimum absolute atomic E-state index is 0.173. The van der Waals surface area contributed by atoms with Gasteiger partial charge in [-0.3, -0.25) is 10.1 Å². The zero-order valence-corrected chi connectivity index (χ0v) is 16.0. The number of alkyl carbamates (subject to hydrolysis) is 1. The van der Waals surface area contributed by atoms with Gasteiger partial charge in [-0.15, -0.1) is 0 Å². The first kappa shape index (κ1) is 19.4. The van der Waals surface area contributed by atoms with E-state index in [0.717, 1.165) is 31.0 Å². The second-order valence-corrected chi connectivity index (χ2v) is 7.61. The van der Waals surface area contributed by atoms with Crippen LogP contribution in [0.25, 0.3) is 0 Å². The van der Waals surface area contributed by atoms with Crippen molar-refractivity contribution in [3.05, 3.63) is 47.9 Å². The van der Waals surface area contributed by atoms with Crippen molar-refractivity contribution >= 4 is 17.6 Å². The Kier molecular flexibility index (Phi) is 5.21. The predicted octanol–water partition coefficient (Wildman–Crippen LogP) is 4.35. The van der Waals surface area contributed by atoms with E-state index in [4.69, 9.17) is 4.74 Å². The van der Waals surface area contributed by atoms with Crippen LogP contribution in [0.4, 0.5) is 25.1 Å². The van der Waals surface area contributed by atoms with Crippen molar-refractivity contribution in [3.63, 3.8) is 0 Å². The summed E-state index contributed by atoms with van der Waals surface area (Å²) in [5, 5.41) is 13.0. The van der Waals surface area contributed by atoms with Gasteiger partial charge in [-0.1, -0.05) is 6.08 Å². The minimum Gasteiger partial charge on any atom is -0.446 e. The highest BCUT2D eigenvalue weighted by Gasteiger charge is 2.31. The number of pyridine rings is 1. The summed E-state index contributed by atoms with van der Waals surface area (Å²) >= 11 is 0. The average molecular weight is 403 g/mol. The monoisotopic (exact) mass is 403 g/mol. The number of ether oxygens (including phenoxy) is 1. The van der Waals surface area contributed by atoms with E-state index < -0.39 is 12.0 Å². The number of carbonyl (C=O) groups excluding carboxylic acids is 1. The summed E-state index contributed by atoms with van der Waals surface area (Å²) in [5.74, 6) is -2.50. The summed E-state index contributed by atoms with van der Waals surface area (Å²) in [6.07, 6.45) is 5.42. The molecular formula is C20H23F2N5O2. The van der Waals surface area contributed by atoms with Gasteiger partial charge in [0.25, 0.3) is 0 Å². The minimum atomic E-state index is -3.24. The van der Waals surface area contributed by atoms with E-state index >= 15 is 0 Å². The van der Waals surface area contributed by atoms with E-state index in [1.165, 1.54) is 18.3 Å². The van der Waals surface area contributed by atoms with Gasteiger partial charge in [0.05, 0.1) is 0 Å². The zero-order valence-electron chi connectivity index (χ0n) is 16.0. The summed E-state index contributed by atoms with van der Waals surface area (Å²) in [6.45, 7) is 1.74. The van der Waals surface area contributed by atoms with Crippen LogP contribution in [0.5, 0.6) is 0 Å². The number of hydrogen-bond acceptors (Lipinski definition) is 5. The smallest absolute Gasteiger partial charge is 0.407 e. The molecule has 2 aliphatic rings. The Morgan fingerprint density at radius 1 is 1.28 bits per heavy atom. The molecule has 0 spiro atoms. The maximum Gasteiger partial charge on any atom is 0.407 e. The summed E-state index contributed by atoms with van der Waals surface area (Å²) in [5.41, 5.74) is 1.04. The number of halogens is 2. The number of rotatable bonds is 0. The van der Waals surface area contributed by atoms with Gasteiger partial charge in [-0.2, -0.15) is 13.9 Å². The number of alkyl halides is 2. The van der Waals surface area contributed by atoms with Crippen LogP contribution in [0.2, 0.25) is 0 Å². The molecule has 3 heterocycles. The molecule has 9 heteroatoms. The second-order valence-electron chi connectivity index (χ2n) is 7.61. The van der Waals surface area contributed by atoms with Gasteiger partial charge in [0, 0.05) is 35.6 Å². The highest BCUT2D eigenvalue weighted by Crippen LogP contribution is 2.36. The quantitative estimate of drug-likeness (QED) is 0.569. The lowest BCUT2D eigenvalue weighted by Crippen LogP contribution is -2.34. The SMILES string of the molecule is C[C@@H]1C/C=C\C(F)(F)c2cc(ccn2)Nc2cc([nH]n2)[C@H]2CC[C@H](C2)OC(=O)N1. The third-order valence-electron chi connectivity index (χ3n) is 5.25. The Morgan fingerprint density at radius 3 is 3.00 bits per heavy atom. The van der Waals surface area contributed by atoms with Crippen LogP contribution in [0, 0.1) is 0 Å². The van der Waals surface area contributed by atoms with E-state index in [9.17, 15) is 13.6 Å². The third-order valence-corrected chi connectivity index (χ3v) is 5.25. The summed E-state index contributed by atoms with van der Waals surface area (Å²) in [4.78, 5) is 15.9. The number of anilines is 2. The molecule has 154 valence electrons. The van der Waals surface area contributed by atoms with Crippen LogP contribution in [0.15, 0.2) is 36.5 Å². The number of nitrogens with one attached hydrogen (secondary N) is 3. The van der Waals surface area contributed by atoms with Crippen LogP contribution in [-0.4, -0.2) is 33.4 Å². The molecule has 0 saturated heterocycles. The van der Waals surface area contributed by atoms with Crippen molar-refractivity contribution in [2.45, 2.75) is 56.6 Å². The van der Waals surface area contributed by atoms with Crippen LogP contribution in [0.1, 0.15) is 49.9 Å². The number of H-pyrrole nitrogens is 1. The molecule has 7 nitrogen and oxygen atoms in total. The first-order valence-electron chi connectivity index (χ1n) is 9.70. The van der Waals surface area contributed by atoms with E-state index in [-0.39, 0.29) is 30.2 Å². The van der Waals surface area contributed by atoms with Gasteiger partial charge in [-0.05, 0) is 50.8 Å². The Labute approximate surface area is 166 Å². The topological polar surface area (TPSA) is 91.9 Å². The lowest BCUT2D eigenvalue weighted by Gasteiger charge is -2.17. The van der Waals surface area contributed by atoms with Crippen LogP contribution in [0.3, 0.4) is 0 Å². The summed E-state index contributed by atoms with van der Waals surface area (Å²) < 4.78 is 34.5. The zero-order chi connectivity index (χ0) is 20.4. The molecule has 2 aromatic rings. The molecule has 3 N–H and O–H groups in total. The normalized spacial score (nSPS) is 27.7. The van der Waals surface area contributed by atoms with Crippen molar-refractivity contribution in [3.8, 4) is 0 Å². The van der Waals surface area contributed by atoms with Gasteiger partial charge in [0.2, 0.25) is 0 Å². The van der Waals surface area contributed by atoms with Gasteiger partial charge in [0.15, 0.2) is 5.82 Å². The van der Waals surface area contributed by atoms with Crippen molar-refractivity contribution < 1.29 is 18.3 Å². The third kappa shape index (κ3) is 4.55. The number of amides is 1. The number of aromatic amines is 1. The molecule has 0 radical (unpaired) electrons. The Morgan fingerprint density at radius 2 is 2.14 bits per heavy atom. The van der Waals surface area contributed by atoms with Crippen molar-refractivity contribution in [1.82, 2.24) is 20.5 Å². The number of nitrogens with zero attached hydrogens (tertiary/aromatic N) is 2. The molecule has 29 heavy (non-hydrogen) atoms. The predicted molar refractivity (Wildman–Crippen MR) is 103 cm³/mol. The second kappa shape index (κ2) is 7.81. The highest BCUT2D eigenvalue weighted by molar-refractivity contribution is 5.67. The molecule has 3 atom stereocenters. The average Bonchev–Trinajstić information content (AvgIpc) is 3.30. The fraction of sp³-hybridized carbons (Fsp3) is 0.450. The fourth-order valence-corrected chi connectivity index (χ4v) is 3.73. The number of allylic oxidation sites excluding steroid dienone is 1. The molecule has 1 saturated carbocycles. The first-order chi connectivity index (χ1) is 13.9. The molecule has 0 aromatic carbocycles. The molecule has 0 unspecified atom stereocenters. The fourth-order valence-electron chi connectivity index (χ4n) is 3.73. The van der Waals surface area contributed by atoms with E-state index in [1.54, 1.807) is 13.0 Å². The maximum atomic E-state index is 14.5. The van der Waals surface area contributed by atoms with Gasteiger partial charge in [-0.25, -0.2) is 4.79 Å². The van der Waals surface area contributed by atoms with Gasteiger partial charge >= 0.3 is 12.0 Å². The lowest BCUT2D eigenvalue weighted by molar-refractivity contribution is 0.0469. The molecule has 1 amide bonds. The Hall–Kier alpha value is -2.97. The van der Waals surface area contributed by atoms with Crippen LogP contribution >= 0.6 is 0 Å². The molecule has 6 bridgehead atoms. The number of hydrogen-bond donors (Lipinski definition) is 3. The van der Waals surface area contributed by atoms with Gasteiger partial charge in [0.1, 0.15) is 11.8 Å². The van der Waals surface area contributed by atoms with Crippen molar-refractivity contribution in [2.75, 3.05) is 5.32 Å². The maximum absolute atomic E-state index is 14.5. The molecule has 1 aliphatic carbocycles. The number of fused-ring (bicyclic) bond motifs is 7. The lowest BCUT2D eigenvalue weighted by atomic mass is 10.0. The molecule has 2 aromatic heterocycles. The van der Waals surface area contributed by atoms with E-state index in [1.807, 2.05) is 6.07 Å². The van der Waals surface area contributed by atoms with Gasteiger partial charge < -0.3 is 15.4 Å². The first-order valence-corrected chi connectivity index (χ1v) is 9.70. The molecule has 1 fully saturated rings.